The van der Waals surface area contributed by atoms with Crippen molar-refractivity contribution in [3.8, 4) is 0 Å². The second-order valence-corrected chi connectivity index (χ2v) is 9.34. The number of rotatable bonds is 7. The first-order valence-corrected chi connectivity index (χ1v) is 11.2. The molecule has 3 rings (SSSR count). The van der Waals surface area contributed by atoms with Gasteiger partial charge in [0.25, 0.3) is 0 Å². The van der Waals surface area contributed by atoms with Gasteiger partial charge in [0, 0.05) is 25.3 Å². The lowest BCUT2D eigenvalue weighted by Gasteiger charge is -2.32. The van der Waals surface area contributed by atoms with Crippen molar-refractivity contribution in [1.82, 2.24) is 4.72 Å². The number of hydrogen-bond donors (Lipinski definition) is 2. The number of sulfonamides is 1. The Morgan fingerprint density at radius 2 is 1.79 bits per heavy atom. The first-order valence-electron chi connectivity index (χ1n) is 9.73. The smallest absolute Gasteiger partial charge is 0.240 e. The van der Waals surface area contributed by atoms with Crippen molar-refractivity contribution in [1.29, 1.82) is 0 Å². The predicted molar refractivity (Wildman–Crippen MR) is 111 cm³/mol. The average Bonchev–Trinajstić information content (AvgIpc) is 2.71. The number of nitrogens with zero attached hydrogens (tertiary/aromatic N) is 1. The molecule has 1 atom stereocenters. The van der Waals surface area contributed by atoms with E-state index in [1.54, 1.807) is 6.92 Å². The zero-order chi connectivity index (χ0) is 21.0. The van der Waals surface area contributed by atoms with Gasteiger partial charge in [-0.3, -0.25) is 0 Å². The number of benzene rings is 2. The molecule has 0 unspecified atom stereocenters. The lowest BCUT2D eigenvalue weighted by atomic mass is 10.0. The van der Waals surface area contributed by atoms with E-state index in [0.29, 0.717) is 18.8 Å². The van der Waals surface area contributed by atoms with Crippen LogP contribution >= 0.6 is 0 Å². The molecule has 1 heterocycles. The number of aryl methyl sites for hydroxylation is 1. The molecule has 0 spiro atoms. The van der Waals surface area contributed by atoms with E-state index >= 15 is 0 Å². The summed E-state index contributed by atoms with van der Waals surface area (Å²) in [6.45, 7) is 4.77. The predicted octanol–water partition coefficient (Wildman–Crippen LogP) is 1.13. The molecule has 29 heavy (non-hydrogen) atoms. The maximum Gasteiger partial charge on any atom is 0.240 e. The van der Waals surface area contributed by atoms with Crippen LogP contribution in [0.3, 0.4) is 0 Å². The summed E-state index contributed by atoms with van der Waals surface area (Å²) in [5.41, 5.74) is 2.47. The molecule has 1 aliphatic heterocycles. The van der Waals surface area contributed by atoms with E-state index in [0.717, 1.165) is 24.3 Å². The average molecular weight is 423 g/mol. The first-order chi connectivity index (χ1) is 13.8. The summed E-state index contributed by atoms with van der Waals surface area (Å²) in [6.07, 6.45) is 0. The SMILES string of the molecule is Cc1cc(S(=O)(=O)NC[C@H](c2ccc(N(C)C)cc2)[NH+]2CCOCC2)ccc1F. The highest BCUT2D eigenvalue weighted by molar-refractivity contribution is 7.89. The fraction of sp³-hybridized carbons (Fsp3) is 0.429. The number of morpholine rings is 1. The van der Waals surface area contributed by atoms with Gasteiger partial charge in [-0.2, -0.15) is 0 Å². The second kappa shape index (κ2) is 9.21. The number of nitrogens with one attached hydrogen (secondary N) is 2. The summed E-state index contributed by atoms with van der Waals surface area (Å²) >= 11 is 0. The van der Waals surface area contributed by atoms with Gasteiger partial charge in [0.15, 0.2) is 0 Å². The summed E-state index contributed by atoms with van der Waals surface area (Å²) < 4.78 is 47.3. The van der Waals surface area contributed by atoms with Gasteiger partial charge >= 0.3 is 0 Å². The van der Waals surface area contributed by atoms with Crippen LogP contribution in [-0.4, -0.2) is 55.4 Å². The molecule has 1 aliphatic rings. The molecular weight excluding hydrogens is 393 g/mol. The van der Waals surface area contributed by atoms with Crippen LogP contribution in [0.15, 0.2) is 47.4 Å². The molecular formula is C21H29FN3O3S+. The van der Waals surface area contributed by atoms with Gasteiger partial charge in [0.05, 0.1) is 24.7 Å². The van der Waals surface area contributed by atoms with Gasteiger partial charge in [-0.05, 0) is 42.8 Å². The minimum atomic E-state index is -3.73. The summed E-state index contributed by atoms with van der Waals surface area (Å²) in [7, 11) is 0.237. The van der Waals surface area contributed by atoms with Crippen molar-refractivity contribution in [2.24, 2.45) is 0 Å². The molecule has 2 N–H and O–H groups in total. The molecule has 0 amide bonds. The lowest BCUT2D eigenvalue weighted by Crippen LogP contribution is -3.15. The van der Waals surface area contributed by atoms with E-state index < -0.39 is 15.8 Å². The highest BCUT2D eigenvalue weighted by Crippen LogP contribution is 2.18. The largest absolute Gasteiger partial charge is 0.378 e. The number of hydrogen-bond acceptors (Lipinski definition) is 4. The second-order valence-electron chi connectivity index (χ2n) is 7.57. The van der Waals surface area contributed by atoms with E-state index in [1.807, 2.05) is 31.1 Å². The van der Waals surface area contributed by atoms with E-state index in [-0.39, 0.29) is 17.5 Å². The van der Waals surface area contributed by atoms with Crippen LogP contribution in [0, 0.1) is 12.7 Å². The third-order valence-electron chi connectivity index (χ3n) is 5.36. The minimum Gasteiger partial charge on any atom is -0.378 e. The molecule has 1 saturated heterocycles. The minimum absolute atomic E-state index is 0.0357. The molecule has 0 bridgehead atoms. The Bertz CT molecular complexity index is 927. The highest BCUT2D eigenvalue weighted by Gasteiger charge is 2.28. The molecule has 1 fully saturated rings. The van der Waals surface area contributed by atoms with Gasteiger partial charge in [-0.15, -0.1) is 0 Å². The molecule has 8 heteroatoms. The number of anilines is 1. The topological polar surface area (TPSA) is 63.1 Å². The zero-order valence-electron chi connectivity index (χ0n) is 17.1. The van der Waals surface area contributed by atoms with Crippen LogP contribution in [0.4, 0.5) is 10.1 Å². The van der Waals surface area contributed by atoms with Crippen molar-refractivity contribution in [3.05, 3.63) is 59.4 Å². The van der Waals surface area contributed by atoms with Gasteiger partial charge < -0.3 is 14.5 Å². The number of ether oxygens (including phenoxy) is 1. The molecule has 0 aliphatic carbocycles. The Balaban J connectivity index is 1.81. The zero-order valence-corrected chi connectivity index (χ0v) is 17.9. The quantitative estimate of drug-likeness (QED) is 0.702. The summed E-state index contributed by atoms with van der Waals surface area (Å²) in [5, 5.41) is 0. The molecule has 0 aromatic heterocycles. The third-order valence-corrected chi connectivity index (χ3v) is 6.78. The maximum atomic E-state index is 13.5. The molecule has 0 saturated carbocycles. The lowest BCUT2D eigenvalue weighted by molar-refractivity contribution is -0.937. The fourth-order valence-electron chi connectivity index (χ4n) is 3.55. The van der Waals surface area contributed by atoms with Gasteiger partial charge in [-0.25, -0.2) is 17.5 Å². The van der Waals surface area contributed by atoms with Crippen molar-refractivity contribution in [3.63, 3.8) is 0 Å². The molecule has 2 aromatic carbocycles. The molecule has 158 valence electrons. The first kappa shape index (κ1) is 21.7. The Morgan fingerprint density at radius 1 is 1.14 bits per heavy atom. The maximum absolute atomic E-state index is 13.5. The molecule has 6 nitrogen and oxygen atoms in total. The van der Waals surface area contributed by atoms with E-state index in [2.05, 4.69) is 16.9 Å². The van der Waals surface area contributed by atoms with Crippen LogP contribution in [0.1, 0.15) is 17.2 Å². The standard InChI is InChI=1S/C21H28FN3O3S/c1-16-14-19(8-9-20(16)22)29(26,27)23-15-21(25-10-12-28-13-11-25)17-4-6-18(7-5-17)24(2)3/h4-9,14,21,23H,10-13,15H2,1-3H3/p+1/t21-/m1/s1. The number of quaternary nitrogens is 1. The normalized spacial score (nSPS) is 16.6. The highest BCUT2D eigenvalue weighted by atomic mass is 32.2. The Kier molecular flexibility index (Phi) is 6.89. The van der Waals surface area contributed by atoms with Crippen molar-refractivity contribution in [2.45, 2.75) is 17.9 Å². The fourth-order valence-corrected chi connectivity index (χ4v) is 4.68. The van der Waals surface area contributed by atoms with Crippen LogP contribution in [0.25, 0.3) is 0 Å². The molecule has 2 aromatic rings. The summed E-state index contributed by atoms with van der Waals surface area (Å²) in [4.78, 5) is 3.39. The van der Waals surface area contributed by atoms with Crippen LogP contribution in [0.2, 0.25) is 0 Å². The Labute approximate surface area is 172 Å². The van der Waals surface area contributed by atoms with E-state index in [4.69, 9.17) is 4.74 Å². The van der Waals surface area contributed by atoms with Crippen molar-refractivity contribution in [2.75, 3.05) is 51.8 Å². The number of halogens is 1. The van der Waals surface area contributed by atoms with Gasteiger partial charge in [0.2, 0.25) is 10.0 Å². The van der Waals surface area contributed by atoms with E-state index in [9.17, 15) is 12.8 Å². The van der Waals surface area contributed by atoms with Gasteiger partial charge in [0.1, 0.15) is 24.9 Å². The Morgan fingerprint density at radius 3 is 2.38 bits per heavy atom. The Hall–Kier alpha value is -2.00. The van der Waals surface area contributed by atoms with Crippen LogP contribution in [-0.2, 0) is 14.8 Å². The molecule has 0 radical (unpaired) electrons. The monoisotopic (exact) mass is 422 g/mol. The van der Waals surface area contributed by atoms with Crippen molar-refractivity contribution < 1.29 is 22.4 Å². The third kappa shape index (κ3) is 5.33. The summed E-state index contributed by atoms with van der Waals surface area (Å²) in [5.74, 6) is -0.416. The van der Waals surface area contributed by atoms with Crippen molar-refractivity contribution >= 4 is 15.7 Å². The van der Waals surface area contributed by atoms with E-state index in [1.165, 1.54) is 23.1 Å². The van der Waals surface area contributed by atoms with Gasteiger partial charge in [-0.1, -0.05) is 12.1 Å². The van der Waals surface area contributed by atoms with Crippen LogP contribution in [0.5, 0.6) is 0 Å². The van der Waals surface area contributed by atoms with Crippen LogP contribution < -0.4 is 14.5 Å². The summed E-state index contributed by atoms with van der Waals surface area (Å²) in [6, 6.07) is 12.0.